The second-order valence-electron chi connectivity index (χ2n) is 3.29. The molecule has 0 amide bonds. The fourth-order valence-corrected chi connectivity index (χ4v) is 1.89. The number of anilines is 2. The molecule has 1 heterocycles. The van der Waals surface area contributed by atoms with Gasteiger partial charge in [0.25, 0.3) is 0 Å². The molecule has 0 aliphatic rings. The van der Waals surface area contributed by atoms with E-state index < -0.39 is 0 Å². The lowest BCUT2D eigenvalue weighted by molar-refractivity contribution is 1.21. The molecule has 0 saturated carbocycles. The van der Waals surface area contributed by atoms with Gasteiger partial charge in [-0.05, 0) is 30.4 Å². The van der Waals surface area contributed by atoms with Crippen molar-refractivity contribution in [3.63, 3.8) is 0 Å². The third kappa shape index (κ3) is 3.53. The molecule has 2 N–H and O–H groups in total. The lowest BCUT2D eigenvalue weighted by Crippen LogP contribution is -2.20. The van der Waals surface area contributed by atoms with E-state index in [9.17, 15) is 0 Å². The van der Waals surface area contributed by atoms with Crippen molar-refractivity contribution in [1.29, 1.82) is 0 Å². The number of halogens is 2. The highest BCUT2D eigenvalue weighted by Gasteiger charge is 2.04. The number of aromatic nitrogens is 2. The molecular formula is C11H8Cl2N4S. The lowest BCUT2D eigenvalue weighted by Gasteiger charge is -2.10. The van der Waals surface area contributed by atoms with Crippen LogP contribution in [0.5, 0.6) is 0 Å². The fourth-order valence-electron chi connectivity index (χ4n) is 1.22. The number of nitrogens with one attached hydrogen (secondary N) is 2. The van der Waals surface area contributed by atoms with Crippen LogP contribution in [0.15, 0.2) is 36.8 Å². The first-order valence-electron chi connectivity index (χ1n) is 4.94. The minimum absolute atomic E-state index is 0.375. The summed E-state index contributed by atoms with van der Waals surface area (Å²) in [5.41, 5.74) is 0.669. The van der Waals surface area contributed by atoms with Gasteiger partial charge in [0.15, 0.2) is 10.9 Å². The Morgan fingerprint density at radius 1 is 1.17 bits per heavy atom. The monoisotopic (exact) mass is 298 g/mol. The number of rotatable bonds is 2. The van der Waals surface area contributed by atoms with E-state index in [4.69, 9.17) is 35.4 Å². The van der Waals surface area contributed by atoms with Gasteiger partial charge in [0, 0.05) is 17.4 Å². The Balaban J connectivity index is 2.03. The highest BCUT2D eigenvalue weighted by atomic mass is 35.5. The van der Waals surface area contributed by atoms with E-state index in [2.05, 4.69) is 20.6 Å². The highest BCUT2D eigenvalue weighted by molar-refractivity contribution is 7.80. The Morgan fingerprint density at radius 3 is 2.67 bits per heavy atom. The van der Waals surface area contributed by atoms with E-state index in [1.807, 2.05) is 0 Å². The molecule has 1 aromatic carbocycles. The van der Waals surface area contributed by atoms with E-state index in [-0.39, 0.29) is 0 Å². The molecule has 0 fully saturated rings. The smallest absolute Gasteiger partial charge is 0.176 e. The van der Waals surface area contributed by atoms with Crippen molar-refractivity contribution in [2.75, 3.05) is 10.6 Å². The predicted octanol–water partition coefficient (Wildman–Crippen LogP) is 3.59. The Bertz CT molecular complexity index is 562. The van der Waals surface area contributed by atoms with Crippen LogP contribution >= 0.6 is 35.4 Å². The summed E-state index contributed by atoms with van der Waals surface area (Å²) in [5.74, 6) is 0.556. The van der Waals surface area contributed by atoms with Crippen molar-refractivity contribution in [2.45, 2.75) is 0 Å². The number of hydrogen-bond acceptors (Lipinski definition) is 3. The van der Waals surface area contributed by atoms with Crippen LogP contribution in [0.1, 0.15) is 0 Å². The van der Waals surface area contributed by atoms with Crippen LogP contribution in [0.25, 0.3) is 0 Å². The first kappa shape index (κ1) is 13.0. The Labute approximate surface area is 119 Å². The number of thiocarbonyl (C=S) groups is 1. The second kappa shape index (κ2) is 5.95. The molecule has 0 saturated heterocycles. The SMILES string of the molecule is S=C(Nc1cnccn1)Nc1ccc(Cl)cc1Cl. The zero-order valence-corrected chi connectivity index (χ0v) is 11.4. The lowest BCUT2D eigenvalue weighted by atomic mass is 10.3. The molecule has 0 aliphatic carbocycles. The molecule has 4 nitrogen and oxygen atoms in total. The Kier molecular flexibility index (Phi) is 4.30. The minimum atomic E-state index is 0.375. The topological polar surface area (TPSA) is 49.8 Å². The van der Waals surface area contributed by atoms with Gasteiger partial charge in [-0.1, -0.05) is 23.2 Å². The maximum atomic E-state index is 6.01. The van der Waals surface area contributed by atoms with Crippen LogP contribution in [0, 0.1) is 0 Å². The van der Waals surface area contributed by atoms with E-state index in [0.717, 1.165) is 0 Å². The molecular weight excluding hydrogens is 291 g/mol. The maximum Gasteiger partial charge on any atom is 0.176 e. The average molecular weight is 299 g/mol. The third-order valence-corrected chi connectivity index (χ3v) is 2.74. The van der Waals surface area contributed by atoms with Crippen molar-refractivity contribution in [3.8, 4) is 0 Å². The molecule has 1 aromatic heterocycles. The van der Waals surface area contributed by atoms with Crippen molar-refractivity contribution in [2.24, 2.45) is 0 Å². The van der Waals surface area contributed by atoms with E-state index >= 15 is 0 Å². The van der Waals surface area contributed by atoms with Crippen LogP contribution < -0.4 is 10.6 Å². The molecule has 0 spiro atoms. The molecule has 92 valence electrons. The Hall–Kier alpha value is -1.43. The van der Waals surface area contributed by atoms with Gasteiger partial charge in [-0.3, -0.25) is 4.98 Å². The van der Waals surface area contributed by atoms with Gasteiger partial charge in [-0.25, -0.2) is 4.98 Å². The quantitative estimate of drug-likeness (QED) is 0.830. The predicted molar refractivity (Wildman–Crippen MR) is 78.3 cm³/mol. The number of hydrogen-bond donors (Lipinski definition) is 2. The van der Waals surface area contributed by atoms with E-state index in [1.165, 1.54) is 0 Å². The summed E-state index contributed by atoms with van der Waals surface area (Å²) in [5, 5.41) is 7.27. The standard InChI is InChI=1S/C11H8Cl2N4S/c12-7-1-2-9(8(13)5-7)16-11(18)17-10-6-14-3-4-15-10/h1-6H,(H2,15,16,17,18). The fraction of sp³-hybridized carbons (Fsp3) is 0. The van der Waals surface area contributed by atoms with Gasteiger partial charge in [-0.15, -0.1) is 0 Å². The molecule has 18 heavy (non-hydrogen) atoms. The van der Waals surface area contributed by atoms with Crippen LogP contribution in [-0.2, 0) is 0 Å². The van der Waals surface area contributed by atoms with Crippen LogP contribution in [0.4, 0.5) is 11.5 Å². The molecule has 0 radical (unpaired) electrons. The maximum absolute atomic E-state index is 6.01. The summed E-state index contributed by atoms with van der Waals surface area (Å²) in [6.45, 7) is 0. The Morgan fingerprint density at radius 2 is 2.00 bits per heavy atom. The molecule has 0 bridgehead atoms. The second-order valence-corrected chi connectivity index (χ2v) is 4.55. The summed E-state index contributed by atoms with van der Waals surface area (Å²) < 4.78 is 0. The van der Waals surface area contributed by atoms with Gasteiger partial charge in [-0.2, -0.15) is 0 Å². The van der Waals surface area contributed by atoms with Gasteiger partial charge in [0.05, 0.1) is 16.9 Å². The number of nitrogens with zero attached hydrogens (tertiary/aromatic N) is 2. The van der Waals surface area contributed by atoms with Crippen molar-refractivity contribution in [3.05, 3.63) is 46.8 Å². The summed E-state index contributed by atoms with van der Waals surface area (Å²) >= 11 is 16.9. The van der Waals surface area contributed by atoms with Gasteiger partial charge < -0.3 is 10.6 Å². The summed E-state index contributed by atoms with van der Waals surface area (Å²) in [6.07, 6.45) is 4.72. The molecule has 7 heteroatoms. The van der Waals surface area contributed by atoms with Crippen molar-refractivity contribution < 1.29 is 0 Å². The molecule has 2 rings (SSSR count). The largest absolute Gasteiger partial charge is 0.331 e. The van der Waals surface area contributed by atoms with Gasteiger partial charge in [0.2, 0.25) is 0 Å². The van der Waals surface area contributed by atoms with Gasteiger partial charge in [0.1, 0.15) is 0 Å². The van der Waals surface area contributed by atoms with E-state index in [1.54, 1.807) is 36.8 Å². The van der Waals surface area contributed by atoms with Crippen LogP contribution in [0.3, 0.4) is 0 Å². The third-order valence-electron chi connectivity index (χ3n) is 1.98. The first-order valence-corrected chi connectivity index (χ1v) is 6.10. The molecule has 0 aliphatic heterocycles. The summed E-state index contributed by atoms with van der Waals surface area (Å²) in [4.78, 5) is 7.96. The zero-order valence-electron chi connectivity index (χ0n) is 9.02. The molecule has 0 atom stereocenters. The number of benzene rings is 1. The van der Waals surface area contributed by atoms with Crippen molar-refractivity contribution in [1.82, 2.24) is 9.97 Å². The summed E-state index contributed by atoms with van der Waals surface area (Å²) in [7, 11) is 0. The van der Waals surface area contributed by atoms with Gasteiger partial charge >= 0.3 is 0 Å². The highest BCUT2D eigenvalue weighted by Crippen LogP contribution is 2.25. The zero-order chi connectivity index (χ0) is 13.0. The van der Waals surface area contributed by atoms with Crippen LogP contribution in [0.2, 0.25) is 10.0 Å². The molecule has 2 aromatic rings. The molecule has 0 unspecified atom stereocenters. The normalized spacial score (nSPS) is 9.89. The van der Waals surface area contributed by atoms with Crippen LogP contribution in [-0.4, -0.2) is 15.1 Å². The van der Waals surface area contributed by atoms with Crippen molar-refractivity contribution >= 4 is 52.0 Å². The average Bonchev–Trinajstić information content (AvgIpc) is 2.34. The van der Waals surface area contributed by atoms with E-state index in [0.29, 0.717) is 26.7 Å². The minimum Gasteiger partial charge on any atom is -0.331 e. The first-order chi connectivity index (χ1) is 8.65. The summed E-state index contributed by atoms with van der Waals surface area (Å²) in [6, 6.07) is 5.10.